The maximum atomic E-state index is 10.8. The first-order chi connectivity index (χ1) is 10.4. The van der Waals surface area contributed by atoms with Gasteiger partial charge in [0.1, 0.15) is 6.20 Å². The first kappa shape index (κ1) is 18.7. The Kier molecular flexibility index (Phi) is 5.56. The van der Waals surface area contributed by atoms with Gasteiger partial charge in [-0.15, -0.1) is 0 Å². The zero-order valence-electron chi connectivity index (χ0n) is 13.2. The smallest absolute Gasteiger partial charge is 0.434 e. The molecule has 0 saturated heterocycles. The van der Waals surface area contributed by atoms with Crippen molar-refractivity contribution in [3.8, 4) is 0 Å². The van der Waals surface area contributed by atoms with Crippen LogP contribution in [0, 0.1) is 10.1 Å². The van der Waals surface area contributed by atoms with Crippen LogP contribution in [0.15, 0.2) is 36.8 Å². The lowest BCUT2D eigenvalue weighted by atomic mass is 10.0. The Morgan fingerprint density at radius 2 is 1.74 bits per heavy atom. The van der Waals surface area contributed by atoms with Gasteiger partial charge in [0, 0.05) is 32.2 Å². The van der Waals surface area contributed by atoms with Crippen LogP contribution in [-0.4, -0.2) is 33.7 Å². The largest absolute Gasteiger partial charge is 0.748 e. The molecule has 0 atom stereocenters. The molecule has 0 bridgehead atoms. The van der Waals surface area contributed by atoms with Crippen molar-refractivity contribution < 1.29 is 22.5 Å². The second-order valence-corrected chi connectivity index (χ2v) is 6.71. The van der Waals surface area contributed by atoms with Gasteiger partial charge in [-0.2, -0.15) is 4.57 Å². The van der Waals surface area contributed by atoms with E-state index < -0.39 is 20.6 Å². The average Bonchev–Trinajstić information content (AvgIpc) is 2.80. The van der Waals surface area contributed by atoms with E-state index in [4.69, 9.17) is 13.0 Å². The third-order valence-electron chi connectivity index (χ3n) is 3.11. The lowest BCUT2D eigenvalue weighted by Crippen LogP contribution is -2.53. The molecule has 0 aliphatic heterocycles. The molecule has 9 nitrogen and oxygen atoms in total. The van der Waals surface area contributed by atoms with E-state index in [1.807, 2.05) is 49.0 Å². The Bertz CT molecular complexity index is 776. The van der Waals surface area contributed by atoms with Gasteiger partial charge in [0.05, 0.1) is 17.2 Å². The molecule has 0 aromatic carbocycles. The van der Waals surface area contributed by atoms with E-state index in [0.717, 1.165) is 5.69 Å². The summed E-state index contributed by atoms with van der Waals surface area (Å²) in [7, 11) is -2.26. The van der Waals surface area contributed by atoms with Crippen molar-refractivity contribution >= 4 is 16.1 Å². The first-order valence-electron chi connectivity index (χ1n) is 6.49. The molecular formula is C13H18N4O5S. The van der Waals surface area contributed by atoms with Crippen molar-refractivity contribution in [2.24, 2.45) is 7.05 Å². The van der Waals surface area contributed by atoms with E-state index in [-0.39, 0.29) is 5.95 Å². The number of hydrogen-bond acceptors (Lipinski definition) is 6. The molecule has 126 valence electrons. The number of nitrogens with zero attached hydrogens (tertiary/aromatic N) is 4. The van der Waals surface area contributed by atoms with Crippen LogP contribution in [0.2, 0.25) is 0 Å². The van der Waals surface area contributed by atoms with Crippen LogP contribution < -0.4 is 4.57 Å². The fourth-order valence-electron chi connectivity index (χ4n) is 2.04. The lowest BCUT2D eigenvalue weighted by molar-refractivity contribution is -0.748. The second-order valence-electron chi connectivity index (χ2n) is 5.31. The highest BCUT2D eigenvalue weighted by Gasteiger charge is 2.38. The van der Waals surface area contributed by atoms with Gasteiger partial charge in [0.15, 0.2) is 18.1 Å². The molecule has 0 aliphatic carbocycles. The zero-order chi connectivity index (χ0) is 17.8. The monoisotopic (exact) mass is 342 g/mol. The fourth-order valence-corrected chi connectivity index (χ4v) is 2.04. The molecule has 0 saturated carbocycles. The van der Waals surface area contributed by atoms with Crippen molar-refractivity contribution in [3.63, 3.8) is 0 Å². The summed E-state index contributed by atoms with van der Waals surface area (Å²) in [5.41, 5.74) is 0.377. The number of hydrogen-bond donors (Lipinski definition) is 0. The topological polar surface area (TPSA) is 122 Å². The minimum atomic E-state index is -3.92. The van der Waals surface area contributed by atoms with Gasteiger partial charge in [0.25, 0.3) is 0 Å². The maximum Gasteiger partial charge on any atom is 0.434 e. The van der Waals surface area contributed by atoms with Crippen LogP contribution in [0.1, 0.15) is 19.5 Å². The summed E-state index contributed by atoms with van der Waals surface area (Å²) in [4.78, 5) is 14.2. The van der Waals surface area contributed by atoms with Crippen molar-refractivity contribution in [1.29, 1.82) is 0 Å². The summed E-state index contributed by atoms with van der Waals surface area (Å²) in [5, 5.41) is 10.8. The standard InChI is InChI=1S/C12H15N4O2.CH4O3S/c1-12(2,15-7-5-4-6-8-15)10-9-13-11(14(10)3)16(17)18;1-5(2,3)4/h4-9H,1-3H3;1H3,(H,2,3,4)/q+1;/p-1. The Morgan fingerprint density at radius 3 is 2.13 bits per heavy atom. The quantitative estimate of drug-likeness (QED) is 0.348. The molecule has 0 aliphatic rings. The Labute approximate surface area is 134 Å². The van der Waals surface area contributed by atoms with E-state index in [1.165, 1.54) is 4.57 Å². The van der Waals surface area contributed by atoms with E-state index >= 15 is 0 Å². The Balaban J connectivity index is 0.000000463. The molecular weight excluding hydrogens is 324 g/mol. The third-order valence-corrected chi connectivity index (χ3v) is 3.11. The van der Waals surface area contributed by atoms with Crippen molar-refractivity contribution in [2.45, 2.75) is 19.4 Å². The van der Waals surface area contributed by atoms with Gasteiger partial charge in [-0.25, -0.2) is 13.0 Å². The summed E-state index contributed by atoms with van der Waals surface area (Å²) in [6.07, 6.45) is 6.02. The van der Waals surface area contributed by atoms with Crippen LogP contribution >= 0.6 is 0 Å². The minimum absolute atomic E-state index is 0.144. The number of pyridine rings is 1. The molecule has 2 heterocycles. The molecule has 0 N–H and O–H groups in total. The van der Waals surface area contributed by atoms with Crippen LogP contribution in [0.5, 0.6) is 0 Å². The fraction of sp³-hybridized carbons (Fsp3) is 0.385. The SMILES string of the molecule is CS(=O)(=O)[O-].Cn1c(C(C)(C)[n+]2ccccc2)cnc1[N+](=O)[O-]. The normalized spacial score (nSPS) is 11.5. The number of rotatable bonds is 3. The summed E-state index contributed by atoms with van der Waals surface area (Å²) < 4.78 is 30.7. The molecule has 0 amide bonds. The number of aromatic nitrogens is 3. The van der Waals surface area contributed by atoms with Crippen LogP contribution in [0.3, 0.4) is 0 Å². The molecule has 10 heteroatoms. The molecule has 2 aromatic heterocycles. The molecule has 23 heavy (non-hydrogen) atoms. The number of imidazole rings is 1. The van der Waals surface area contributed by atoms with Crippen LogP contribution in [-0.2, 0) is 22.7 Å². The summed E-state index contributed by atoms with van der Waals surface area (Å²) in [6.45, 7) is 3.99. The lowest BCUT2D eigenvalue weighted by Gasteiger charge is -2.16. The Morgan fingerprint density at radius 1 is 1.26 bits per heavy atom. The zero-order valence-corrected chi connectivity index (χ0v) is 14.0. The van der Waals surface area contributed by atoms with E-state index in [9.17, 15) is 10.1 Å². The minimum Gasteiger partial charge on any atom is -0.748 e. The van der Waals surface area contributed by atoms with Crippen molar-refractivity contribution in [2.75, 3.05) is 6.26 Å². The number of nitro groups is 1. The highest BCUT2D eigenvalue weighted by Crippen LogP contribution is 2.22. The molecule has 0 unspecified atom stereocenters. The van der Waals surface area contributed by atoms with Gasteiger partial charge >= 0.3 is 5.95 Å². The molecule has 0 spiro atoms. The van der Waals surface area contributed by atoms with E-state index in [2.05, 4.69) is 4.98 Å². The van der Waals surface area contributed by atoms with Gasteiger partial charge in [-0.3, -0.25) is 0 Å². The first-order valence-corrected chi connectivity index (χ1v) is 8.30. The second kappa shape index (κ2) is 6.84. The van der Waals surface area contributed by atoms with Gasteiger partial charge < -0.3 is 14.7 Å². The maximum absolute atomic E-state index is 10.8. The average molecular weight is 342 g/mol. The Hall–Kier alpha value is -2.33. The highest BCUT2D eigenvalue weighted by atomic mass is 32.2. The van der Waals surface area contributed by atoms with Crippen molar-refractivity contribution in [3.05, 3.63) is 52.6 Å². The molecule has 2 aromatic rings. The van der Waals surface area contributed by atoms with Crippen LogP contribution in [0.4, 0.5) is 5.95 Å². The third kappa shape index (κ3) is 5.11. The predicted molar refractivity (Wildman–Crippen MR) is 80.5 cm³/mol. The summed E-state index contributed by atoms with van der Waals surface area (Å²) in [5.74, 6) is -0.144. The summed E-state index contributed by atoms with van der Waals surface area (Å²) >= 11 is 0. The van der Waals surface area contributed by atoms with Crippen LogP contribution in [0.25, 0.3) is 0 Å². The molecule has 0 fully saturated rings. The summed E-state index contributed by atoms with van der Waals surface area (Å²) in [6, 6.07) is 5.78. The molecule has 2 rings (SSSR count). The van der Waals surface area contributed by atoms with Gasteiger partial charge in [-0.05, 0) is 4.92 Å². The van der Waals surface area contributed by atoms with Crippen molar-refractivity contribution in [1.82, 2.24) is 9.55 Å². The van der Waals surface area contributed by atoms with E-state index in [0.29, 0.717) is 6.26 Å². The van der Waals surface area contributed by atoms with E-state index in [1.54, 1.807) is 13.2 Å². The highest BCUT2D eigenvalue weighted by molar-refractivity contribution is 7.84. The van der Waals surface area contributed by atoms with Gasteiger partial charge in [0.2, 0.25) is 5.54 Å². The molecule has 0 radical (unpaired) electrons. The van der Waals surface area contributed by atoms with Gasteiger partial charge in [-0.1, -0.05) is 11.1 Å². The predicted octanol–water partition coefficient (Wildman–Crippen LogP) is 0.561.